The molecule has 0 spiro atoms. The van der Waals surface area contributed by atoms with Crippen LogP contribution in [0.3, 0.4) is 0 Å². The number of benzene rings is 2. The van der Waals surface area contributed by atoms with E-state index in [1.807, 2.05) is 6.07 Å². The van der Waals surface area contributed by atoms with Crippen molar-refractivity contribution >= 4 is 5.69 Å². The lowest BCUT2D eigenvalue weighted by Crippen LogP contribution is -2.09. The van der Waals surface area contributed by atoms with Gasteiger partial charge in [0.25, 0.3) is 0 Å². The first-order chi connectivity index (χ1) is 9.11. The Balaban J connectivity index is 2.21. The van der Waals surface area contributed by atoms with Crippen LogP contribution in [0.2, 0.25) is 0 Å². The molecule has 0 saturated heterocycles. The maximum atomic E-state index is 13.5. The normalized spacial score (nSPS) is 11.7. The highest BCUT2D eigenvalue weighted by molar-refractivity contribution is 5.48. The molecule has 0 aliphatic rings. The summed E-state index contributed by atoms with van der Waals surface area (Å²) in [6.07, 6.45) is 0. The van der Waals surface area contributed by atoms with E-state index in [0.717, 1.165) is 5.56 Å². The molecular weight excluding hydrogens is 246 g/mol. The van der Waals surface area contributed by atoms with E-state index in [0.29, 0.717) is 5.56 Å². The molecule has 0 fully saturated rings. The average molecular weight is 258 g/mol. The summed E-state index contributed by atoms with van der Waals surface area (Å²) in [7, 11) is 0. The van der Waals surface area contributed by atoms with E-state index in [2.05, 4.69) is 5.32 Å². The van der Waals surface area contributed by atoms with Gasteiger partial charge in [-0.25, -0.2) is 8.78 Å². The Hall–Kier alpha value is -2.41. The molecule has 2 aromatic carbocycles. The molecule has 0 aromatic heterocycles. The van der Waals surface area contributed by atoms with Crippen LogP contribution in [0.25, 0.3) is 0 Å². The molecule has 0 amide bonds. The van der Waals surface area contributed by atoms with Gasteiger partial charge in [0.2, 0.25) is 0 Å². The Bertz CT molecular complexity index is 595. The maximum Gasteiger partial charge on any atom is 0.149 e. The average Bonchev–Trinajstić information content (AvgIpc) is 2.43. The number of para-hydroxylation sites is 1. The molecule has 1 unspecified atom stereocenters. The van der Waals surface area contributed by atoms with E-state index in [4.69, 9.17) is 5.26 Å². The minimum atomic E-state index is -0.625. The largest absolute Gasteiger partial charge is 0.374 e. The second-order valence-electron chi connectivity index (χ2n) is 4.20. The minimum absolute atomic E-state index is 0.139. The highest BCUT2D eigenvalue weighted by Crippen LogP contribution is 2.24. The second kappa shape index (κ2) is 5.49. The van der Waals surface area contributed by atoms with Crippen LogP contribution < -0.4 is 5.32 Å². The summed E-state index contributed by atoms with van der Waals surface area (Å²) in [6.45, 7) is 1.80. The summed E-state index contributed by atoms with van der Waals surface area (Å²) in [4.78, 5) is 0. The molecule has 2 aromatic rings. The first-order valence-electron chi connectivity index (χ1n) is 5.82. The number of hydrogen-bond acceptors (Lipinski definition) is 2. The smallest absolute Gasteiger partial charge is 0.149 e. The molecule has 0 radical (unpaired) electrons. The molecule has 1 N–H and O–H groups in total. The van der Waals surface area contributed by atoms with Gasteiger partial charge in [0, 0.05) is 6.04 Å². The van der Waals surface area contributed by atoms with Gasteiger partial charge in [-0.3, -0.25) is 0 Å². The molecular formula is C15H12F2N2. The van der Waals surface area contributed by atoms with Gasteiger partial charge in [-0.15, -0.1) is 0 Å². The van der Waals surface area contributed by atoms with Gasteiger partial charge in [0.15, 0.2) is 0 Å². The molecule has 1 atom stereocenters. The standard InChI is InChI=1S/C15H12F2N2/c1-10(12-7-5-11(9-18)6-8-12)19-15-13(16)3-2-4-14(15)17/h2-8,10,19H,1H3. The van der Waals surface area contributed by atoms with Crippen molar-refractivity contribution in [2.45, 2.75) is 13.0 Å². The van der Waals surface area contributed by atoms with Crippen LogP contribution in [0.5, 0.6) is 0 Å². The molecule has 0 saturated carbocycles. The fourth-order valence-corrected chi connectivity index (χ4v) is 1.78. The van der Waals surface area contributed by atoms with Gasteiger partial charge >= 0.3 is 0 Å². The molecule has 4 heteroatoms. The topological polar surface area (TPSA) is 35.8 Å². The van der Waals surface area contributed by atoms with Crippen molar-refractivity contribution < 1.29 is 8.78 Å². The van der Waals surface area contributed by atoms with Gasteiger partial charge in [-0.1, -0.05) is 18.2 Å². The van der Waals surface area contributed by atoms with Crippen LogP contribution >= 0.6 is 0 Å². The predicted octanol–water partition coefficient (Wildman–Crippen LogP) is 4.01. The Morgan fingerprint density at radius 3 is 2.16 bits per heavy atom. The van der Waals surface area contributed by atoms with E-state index >= 15 is 0 Å². The van der Waals surface area contributed by atoms with Crippen molar-refractivity contribution in [3.8, 4) is 6.07 Å². The van der Waals surface area contributed by atoms with Crippen LogP contribution in [0, 0.1) is 23.0 Å². The summed E-state index contributed by atoms with van der Waals surface area (Å²) < 4.78 is 27.0. The van der Waals surface area contributed by atoms with E-state index in [9.17, 15) is 8.78 Å². The zero-order chi connectivity index (χ0) is 13.8. The van der Waals surface area contributed by atoms with Crippen molar-refractivity contribution in [3.05, 3.63) is 65.2 Å². The van der Waals surface area contributed by atoms with Gasteiger partial charge in [-0.05, 0) is 36.8 Å². The molecule has 2 nitrogen and oxygen atoms in total. The van der Waals surface area contributed by atoms with Gasteiger partial charge in [0.1, 0.15) is 17.3 Å². The highest BCUT2D eigenvalue weighted by Gasteiger charge is 2.12. The Morgan fingerprint density at radius 2 is 1.63 bits per heavy atom. The number of nitrogens with one attached hydrogen (secondary N) is 1. The molecule has 96 valence electrons. The fourth-order valence-electron chi connectivity index (χ4n) is 1.78. The predicted molar refractivity (Wildman–Crippen MR) is 69.6 cm³/mol. The third-order valence-electron chi connectivity index (χ3n) is 2.86. The van der Waals surface area contributed by atoms with Crippen molar-refractivity contribution in [2.24, 2.45) is 0 Å². The third-order valence-corrected chi connectivity index (χ3v) is 2.86. The number of nitrogens with zero attached hydrogens (tertiary/aromatic N) is 1. The summed E-state index contributed by atoms with van der Waals surface area (Å²) in [5.74, 6) is -1.25. The summed E-state index contributed by atoms with van der Waals surface area (Å²) in [6, 6.07) is 12.3. The number of halogens is 2. The first kappa shape index (κ1) is 13.0. The van der Waals surface area contributed by atoms with Crippen LogP contribution in [-0.2, 0) is 0 Å². The Labute approximate surface area is 110 Å². The quantitative estimate of drug-likeness (QED) is 0.902. The zero-order valence-electron chi connectivity index (χ0n) is 10.3. The number of anilines is 1. The minimum Gasteiger partial charge on any atom is -0.374 e. The van der Waals surface area contributed by atoms with Crippen molar-refractivity contribution in [2.75, 3.05) is 5.32 Å². The zero-order valence-corrected chi connectivity index (χ0v) is 10.3. The van der Waals surface area contributed by atoms with Gasteiger partial charge in [0.05, 0.1) is 11.6 Å². The Kier molecular flexibility index (Phi) is 3.76. The van der Waals surface area contributed by atoms with Crippen LogP contribution in [0.1, 0.15) is 24.1 Å². The van der Waals surface area contributed by atoms with Crippen LogP contribution in [0.15, 0.2) is 42.5 Å². The second-order valence-corrected chi connectivity index (χ2v) is 4.20. The van der Waals surface area contributed by atoms with E-state index in [-0.39, 0.29) is 11.7 Å². The van der Waals surface area contributed by atoms with Crippen LogP contribution in [-0.4, -0.2) is 0 Å². The molecule has 0 aliphatic carbocycles. The fraction of sp³-hybridized carbons (Fsp3) is 0.133. The van der Waals surface area contributed by atoms with Gasteiger partial charge < -0.3 is 5.32 Å². The lowest BCUT2D eigenvalue weighted by molar-refractivity contribution is 0.584. The van der Waals surface area contributed by atoms with E-state index in [1.54, 1.807) is 31.2 Å². The lowest BCUT2D eigenvalue weighted by atomic mass is 10.1. The third kappa shape index (κ3) is 2.89. The van der Waals surface area contributed by atoms with E-state index in [1.165, 1.54) is 18.2 Å². The number of nitriles is 1. The molecule has 19 heavy (non-hydrogen) atoms. The van der Waals surface area contributed by atoms with E-state index < -0.39 is 11.6 Å². The molecule has 2 rings (SSSR count). The van der Waals surface area contributed by atoms with Crippen molar-refractivity contribution in [3.63, 3.8) is 0 Å². The SMILES string of the molecule is CC(Nc1c(F)cccc1F)c1ccc(C#N)cc1. The van der Waals surface area contributed by atoms with Crippen LogP contribution in [0.4, 0.5) is 14.5 Å². The highest BCUT2D eigenvalue weighted by atomic mass is 19.1. The molecule has 0 heterocycles. The lowest BCUT2D eigenvalue weighted by Gasteiger charge is -2.16. The number of rotatable bonds is 3. The maximum absolute atomic E-state index is 13.5. The summed E-state index contributed by atoms with van der Waals surface area (Å²) in [5.41, 5.74) is 1.26. The number of hydrogen-bond donors (Lipinski definition) is 1. The summed E-state index contributed by atoms with van der Waals surface area (Å²) in [5, 5.41) is 11.5. The van der Waals surface area contributed by atoms with Gasteiger partial charge in [-0.2, -0.15) is 5.26 Å². The molecule has 0 bridgehead atoms. The molecule has 0 aliphatic heterocycles. The summed E-state index contributed by atoms with van der Waals surface area (Å²) >= 11 is 0. The first-order valence-corrected chi connectivity index (χ1v) is 5.82. The Morgan fingerprint density at radius 1 is 1.05 bits per heavy atom. The monoisotopic (exact) mass is 258 g/mol. The van der Waals surface area contributed by atoms with Crippen molar-refractivity contribution in [1.29, 1.82) is 5.26 Å². The van der Waals surface area contributed by atoms with Crippen molar-refractivity contribution in [1.82, 2.24) is 0 Å².